The Morgan fingerprint density at radius 2 is 2.71 bits per heavy atom. The minimum atomic E-state index is -2.09. The van der Waals surface area contributed by atoms with Crippen LogP contribution in [-0.4, -0.2) is 20.1 Å². The van der Waals surface area contributed by atoms with Crippen LogP contribution in [0.5, 0.6) is 0 Å². The second-order valence-corrected chi connectivity index (χ2v) is 5.11. The van der Waals surface area contributed by atoms with Crippen molar-refractivity contribution in [1.82, 2.24) is 5.32 Å². The summed E-state index contributed by atoms with van der Waals surface area (Å²) in [4.78, 5) is 1.21. The number of hydrogen-bond acceptors (Lipinski definition) is 3. The molecule has 3 rings (SSSR count). The van der Waals surface area contributed by atoms with E-state index in [9.17, 15) is 0 Å². The fourth-order valence-electron chi connectivity index (χ4n) is 2.23. The normalized spacial score (nSPS) is 31.7. The minimum Gasteiger partial charge on any atom is -0.370 e. The molecule has 2 aliphatic rings. The molecule has 2 heterocycles. The highest BCUT2D eigenvalue weighted by atomic mass is 32.1. The summed E-state index contributed by atoms with van der Waals surface area (Å²) in [6, 6.07) is 2.18. The largest absolute Gasteiger partial charge is 0.370 e. The summed E-state index contributed by atoms with van der Waals surface area (Å²) in [6.45, 7) is -0.986. The van der Waals surface area contributed by atoms with E-state index in [0.717, 1.165) is 6.61 Å². The molecule has 0 radical (unpaired) electrons. The predicted octanol–water partition coefficient (Wildman–Crippen LogP) is 2.07. The van der Waals surface area contributed by atoms with Crippen LogP contribution in [0.15, 0.2) is 11.4 Å². The highest BCUT2D eigenvalue weighted by Gasteiger charge is 2.50. The van der Waals surface area contributed by atoms with Crippen molar-refractivity contribution in [3.63, 3.8) is 0 Å². The van der Waals surface area contributed by atoms with E-state index in [4.69, 9.17) is 8.85 Å². The molecule has 1 fully saturated rings. The number of rotatable bonds is 2. The predicted molar refractivity (Wildman–Crippen MR) is 57.9 cm³/mol. The van der Waals surface area contributed by atoms with Crippen LogP contribution in [0.2, 0.25) is 0 Å². The van der Waals surface area contributed by atoms with Crippen LogP contribution in [0.4, 0.5) is 0 Å². The van der Waals surface area contributed by atoms with Crippen LogP contribution in [-0.2, 0) is 10.2 Å². The Balaban J connectivity index is 1.76. The molecule has 0 aromatic carbocycles. The van der Waals surface area contributed by atoms with E-state index in [0.29, 0.717) is 6.54 Å². The molecule has 3 heteroatoms. The topological polar surface area (TPSA) is 21.3 Å². The fourth-order valence-corrected chi connectivity index (χ4v) is 3.30. The van der Waals surface area contributed by atoms with Gasteiger partial charge in [0, 0.05) is 20.9 Å². The van der Waals surface area contributed by atoms with Crippen LogP contribution in [0.25, 0.3) is 0 Å². The van der Waals surface area contributed by atoms with Gasteiger partial charge in [0.15, 0.2) is 0 Å². The molecule has 1 aromatic heterocycles. The smallest absolute Gasteiger partial charge is 0.104 e. The molecule has 14 heavy (non-hydrogen) atoms. The fraction of sp³-hybridized carbons (Fsp3) is 0.636. The Morgan fingerprint density at radius 1 is 1.79 bits per heavy atom. The van der Waals surface area contributed by atoms with Crippen LogP contribution < -0.4 is 5.32 Å². The van der Waals surface area contributed by atoms with Crippen molar-refractivity contribution < 1.29 is 8.85 Å². The maximum Gasteiger partial charge on any atom is 0.104 e. The van der Waals surface area contributed by atoms with Gasteiger partial charge in [-0.2, -0.15) is 0 Å². The van der Waals surface area contributed by atoms with Gasteiger partial charge in [-0.15, -0.1) is 11.3 Å². The number of thiophene rings is 1. The zero-order valence-electron chi connectivity index (χ0n) is 10.9. The Hall–Kier alpha value is -0.380. The summed E-state index contributed by atoms with van der Waals surface area (Å²) in [5.41, 5.74) is 1.66. The molecule has 0 amide bonds. The van der Waals surface area contributed by atoms with Gasteiger partial charge in [-0.05, 0) is 36.8 Å². The van der Waals surface area contributed by atoms with Crippen molar-refractivity contribution in [3.8, 4) is 0 Å². The van der Waals surface area contributed by atoms with Gasteiger partial charge in [-0.1, -0.05) is 0 Å². The number of hydrogen-bond donors (Lipinski definition) is 1. The van der Waals surface area contributed by atoms with Crippen molar-refractivity contribution >= 4 is 11.3 Å². The zero-order chi connectivity index (χ0) is 12.1. The number of nitrogens with one attached hydrogen (secondary N) is 1. The van der Waals surface area contributed by atoms with E-state index in [1.54, 1.807) is 11.3 Å². The first kappa shape index (κ1) is 6.26. The third kappa shape index (κ3) is 1.16. The molecule has 1 aliphatic heterocycles. The summed E-state index contributed by atoms with van der Waals surface area (Å²) in [5, 5.41) is 4.64. The van der Waals surface area contributed by atoms with Crippen LogP contribution in [0.1, 0.15) is 33.5 Å². The number of ether oxygens (including phenoxy) is 1. The Bertz CT molecular complexity index is 425. The molecule has 0 saturated heterocycles. The second-order valence-electron chi connectivity index (χ2n) is 4.16. The first-order chi connectivity index (χ1) is 8.00. The minimum absolute atomic E-state index is 0.100. The Kier molecular flexibility index (Phi) is 1.36. The lowest BCUT2D eigenvalue weighted by Gasteiger charge is -2.29. The summed E-state index contributed by atoms with van der Waals surface area (Å²) in [5.74, 6) is 0. The Morgan fingerprint density at radius 3 is 3.50 bits per heavy atom. The van der Waals surface area contributed by atoms with E-state index in [2.05, 4.69) is 16.8 Å². The highest BCUT2D eigenvalue weighted by Crippen LogP contribution is 2.55. The lowest BCUT2D eigenvalue weighted by Crippen LogP contribution is -2.29. The first-order valence-corrected chi connectivity index (χ1v) is 5.83. The maximum absolute atomic E-state index is 7.16. The quantitative estimate of drug-likeness (QED) is 0.810. The van der Waals surface area contributed by atoms with E-state index in [1.165, 1.54) is 23.3 Å². The molecule has 0 bridgehead atoms. The maximum atomic E-state index is 7.16. The molecule has 76 valence electrons. The Labute approximate surface area is 92.5 Å². The van der Waals surface area contributed by atoms with Crippen LogP contribution in [0, 0.1) is 0 Å². The zero-order valence-corrected chi connectivity index (χ0v) is 8.69. The summed E-state index contributed by atoms with van der Waals surface area (Å²) < 4.78 is 27.3. The molecular formula is C11H15NOS. The molecule has 2 nitrogen and oxygen atoms in total. The standard InChI is InChI=1S/C11H15NOS/c1-12-6-9-10-8(2-5-14-10)11(3-4-11)7-13-9/h2,5,9,12H,3-4,6-7H2,1H3/t9-/m0/s1/i1D3. The molecule has 1 spiro atoms. The van der Waals surface area contributed by atoms with Gasteiger partial charge in [0.2, 0.25) is 0 Å². The van der Waals surface area contributed by atoms with Gasteiger partial charge in [0.05, 0.1) is 6.61 Å². The molecule has 1 N–H and O–H groups in total. The molecule has 0 unspecified atom stereocenters. The third-order valence-electron chi connectivity index (χ3n) is 3.26. The summed E-state index contributed by atoms with van der Waals surface area (Å²) in [6.07, 6.45) is 2.31. The van der Waals surface area contributed by atoms with E-state index in [1.807, 2.05) is 0 Å². The molecule has 1 aromatic rings. The average molecular weight is 212 g/mol. The van der Waals surface area contributed by atoms with E-state index < -0.39 is 6.98 Å². The van der Waals surface area contributed by atoms with Gasteiger partial charge in [-0.25, -0.2) is 0 Å². The number of fused-ring (bicyclic) bond motifs is 2. The lowest BCUT2D eigenvalue weighted by molar-refractivity contribution is 0.0261. The van der Waals surface area contributed by atoms with E-state index >= 15 is 0 Å². The monoisotopic (exact) mass is 212 g/mol. The first-order valence-electron chi connectivity index (χ1n) is 6.45. The second kappa shape index (κ2) is 3.05. The SMILES string of the molecule is [2H]C([2H])([2H])NC[C@@H]1OCC2(CC2)c2ccsc21. The van der Waals surface area contributed by atoms with Gasteiger partial charge >= 0.3 is 0 Å². The number of likely N-dealkylation sites (N-methyl/N-ethyl adjacent to an activating group) is 1. The van der Waals surface area contributed by atoms with Gasteiger partial charge in [0.25, 0.3) is 0 Å². The van der Waals surface area contributed by atoms with Crippen LogP contribution >= 0.6 is 11.3 Å². The average Bonchev–Trinajstić information content (AvgIpc) is 2.84. The van der Waals surface area contributed by atoms with Crippen molar-refractivity contribution in [2.24, 2.45) is 0 Å². The van der Waals surface area contributed by atoms with Gasteiger partial charge in [-0.3, -0.25) is 0 Å². The lowest BCUT2D eigenvalue weighted by atomic mass is 9.93. The van der Waals surface area contributed by atoms with Crippen molar-refractivity contribution in [1.29, 1.82) is 0 Å². The van der Waals surface area contributed by atoms with Crippen LogP contribution in [0.3, 0.4) is 0 Å². The molecular weight excluding hydrogens is 194 g/mol. The van der Waals surface area contributed by atoms with Gasteiger partial charge in [0.1, 0.15) is 6.10 Å². The van der Waals surface area contributed by atoms with Crippen molar-refractivity contribution in [3.05, 3.63) is 21.9 Å². The molecule has 1 saturated carbocycles. The third-order valence-corrected chi connectivity index (χ3v) is 4.27. The summed E-state index contributed by atoms with van der Waals surface area (Å²) >= 11 is 1.68. The van der Waals surface area contributed by atoms with Crippen molar-refractivity contribution in [2.75, 3.05) is 20.1 Å². The highest BCUT2D eigenvalue weighted by molar-refractivity contribution is 7.10. The molecule has 1 aliphatic carbocycles. The van der Waals surface area contributed by atoms with E-state index in [-0.39, 0.29) is 11.5 Å². The van der Waals surface area contributed by atoms with Crippen molar-refractivity contribution in [2.45, 2.75) is 24.4 Å². The van der Waals surface area contributed by atoms with Gasteiger partial charge < -0.3 is 10.1 Å². The summed E-state index contributed by atoms with van der Waals surface area (Å²) in [7, 11) is 0. The molecule has 1 atom stereocenters.